The highest BCUT2D eigenvalue weighted by Gasteiger charge is 2.44. The summed E-state index contributed by atoms with van der Waals surface area (Å²) in [7, 11) is 0. The van der Waals surface area contributed by atoms with Crippen LogP contribution < -0.4 is 10.2 Å². The van der Waals surface area contributed by atoms with Crippen LogP contribution in [0.5, 0.6) is 0 Å². The number of amides is 2. The molecule has 2 N–H and O–H groups in total. The van der Waals surface area contributed by atoms with E-state index < -0.39 is 22.9 Å². The molecule has 2 fully saturated rings. The van der Waals surface area contributed by atoms with Crippen molar-refractivity contribution in [3.8, 4) is 0 Å². The standard InChI is InChI=1S/C26H33FN4O3/c1-25(2,28-23(32)20-8-10-21(27)11-9-20)24(33)31-13-12-26(34,19-31)18-29-14-16-30(17-15-29)22-6-4-3-5-7-22/h3-11,34H,12-19H2,1-2H3,(H,28,32)/t26-/m1/s1. The van der Waals surface area contributed by atoms with Gasteiger partial charge in [0.25, 0.3) is 5.91 Å². The Morgan fingerprint density at radius 1 is 1.00 bits per heavy atom. The summed E-state index contributed by atoms with van der Waals surface area (Å²) in [4.78, 5) is 32.0. The number of halogens is 1. The lowest BCUT2D eigenvalue weighted by molar-refractivity contribution is -0.136. The van der Waals surface area contributed by atoms with Gasteiger partial charge in [-0.2, -0.15) is 0 Å². The highest BCUT2D eigenvalue weighted by atomic mass is 19.1. The zero-order chi connectivity index (χ0) is 24.3. The second-order valence-corrected chi connectivity index (χ2v) is 9.89. The first-order chi connectivity index (χ1) is 16.2. The highest BCUT2D eigenvalue weighted by Crippen LogP contribution is 2.26. The molecule has 2 saturated heterocycles. The molecule has 2 aromatic carbocycles. The smallest absolute Gasteiger partial charge is 0.252 e. The van der Waals surface area contributed by atoms with Crippen molar-refractivity contribution in [2.24, 2.45) is 0 Å². The van der Waals surface area contributed by atoms with E-state index in [1.54, 1.807) is 18.7 Å². The zero-order valence-electron chi connectivity index (χ0n) is 19.8. The van der Waals surface area contributed by atoms with E-state index in [2.05, 4.69) is 27.2 Å². The second-order valence-electron chi connectivity index (χ2n) is 9.89. The minimum absolute atomic E-state index is 0.237. The predicted molar refractivity (Wildman–Crippen MR) is 129 cm³/mol. The molecular weight excluding hydrogens is 435 g/mol. The van der Waals surface area contributed by atoms with Gasteiger partial charge >= 0.3 is 0 Å². The number of piperazine rings is 1. The molecule has 7 nitrogen and oxygen atoms in total. The van der Waals surface area contributed by atoms with E-state index in [1.807, 2.05) is 18.2 Å². The van der Waals surface area contributed by atoms with E-state index in [0.29, 0.717) is 19.5 Å². The molecule has 4 rings (SSSR count). The van der Waals surface area contributed by atoms with Crippen molar-refractivity contribution >= 4 is 17.5 Å². The molecule has 2 aromatic rings. The van der Waals surface area contributed by atoms with Crippen LogP contribution in [0.25, 0.3) is 0 Å². The van der Waals surface area contributed by atoms with E-state index in [0.717, 1.165) is 26.2 Å². The van der Waals surface area contributed by atoms with E-state index in [-0.39, 0.29) is 18.0 Å². The van der Waals surface area contributed by atoms with Gasteiger partial charge in [-0.3, -0.25) is 14.5 Å². The summed E-state index contributed by atoms with van der Waals surface area (Å²) in [6.07, 6.45) is 0.500. The van der Waals surface area contributed by atoms with Crippen molar-refractivity contribution in [2.45, 2.75) is 31.4 Å². The molecule has 0 unspecified atom stereocenters. The maximum atomic E-state index is 13.2. The third-order valence-electron chi connectivity index (χ3n) is 6.70. The van der Waals surface area contributed by atoms with Gasteiger partial charge in [-0.25, -0.2) is 4.39 Å². The number of carbonyl (C=O) groups excluding carboxylic acids is 2. The Hall–Kier alpha value is -2.97. The Morgan fingerprint density at radius 2 is 1.65 bits per heavy atom. The van der Waals surface area contributed by atoms with Crippen molar-refractivity contribution in [3.05, 3.63) is 66.0 Å². The van der Waals surface area contributed by atoms with Crippen molar-refractivity contribution in [3.63, 3.8) is 0 Å². The fourth-order valence-electron chi connectivity index (χ4n) is 4.78. The summed E-state index contributed by atoms with van der Waals surface area (Å²) in [5.74, 6) is -1.11. The lowest BCUT2D eigenvalue weighted by atomic mass is 10.0. The Kier molecular flexibility index (Phi) is 6.91. The number of hydrogen-bond acceptors (Lipinski definition) is 5. The summed E-state index contributed by atoms with van der Waals surface area (Å²) in [5, 5.41) is 14.0. The lowest BCUT2D eigenvalue weighted by Gasteiger charge is -2.39. The molecular formula is C26H33FN4O3. The monoisotopic (exact) mass is 468 g/mol. The number of nitrogens with one attached hydrogen (secondary N) is 1. The number of β-amino-alcohol motifs (C(OH)–C–C–N with tert-alkyl or cyclic N) is 1. The van der Waals surface area contributed by atoms with E-state index in [9.17, 15) is 19.1 Å². The van der Waals surface area contributed by atoms with Gasteiger partial charge in [0, 0.05) is 50.5 Å². The molecule has 0 aromatic heterocycles. The summed E-state index contributed by atoms with van der Waals surface area (Å²) in [6, 6.07) is 15.5. The first kappa shape index (κ1) is 24.2. The number of benzene rings is 2. The molecule has 182 valence electrons. The van der Waals surface area contributed by atoms with Crippen LogP contribution >= 0.6 is 0 Å². The largest absolute Gasteiger partial charge is 0.387 e. The summed E-state index contributed by atoms with van der Waals surface area (Å²) >= 11 is 0. The SMILES string of the molecule is CC(C)(NC(=O)c1ccc(F)cc1)C(=O)N1CC[C@@](O)(CN2CCN(c3ccccc3)CC2)C1. The van der Waals surface area contributed by atoms with E-state index >= 15 is 0 Å². The number of para-hydroxylation sites is 1. The average molecular weight is 469 g/mol. The van der Waals surface area contributed by atoms with Crippen molar-refractivity contribution < 1.29 is 19.1 Å². The van der Waals surface area contributed by atoms with Crippen LogP contribution in [0.4, 0.5) is 10.1 Å². The van der Waals surface area contributed by atoms with E-state index in [4.69, 9.17) is 0 Å². The first-order valence-corrected chi connectivity index (χ1v) is 11.8. The van der Waals surface area contributed by atoms with Crippen molar-refractivity contribution in [1.82, 2.24) is 15.1 Å². The number of aliphatic hydroxyl groups is 1. The molecule has 0 spiro atoms. The zero-order valence-corrected chi connectivity index (χ0v) is 19.8. The van der Waals surface area contributed by atoms with Gasteiger partial charge in [0.2, 0.25) is 5.91 Å². The van der Waals surface area contributed by atoms with E-state index in [1.165, 1.54) is 30.0 Å². The van der Waals surface area contributed by atoms with Gasteiger partial charge in [-0.15, -0.1) is 0 Å². The first-order valence-electron chi connectivity index (χ1n) is 11.8. The third-order valence-corrected chi connectivity index (χ3v) is 6.70. The predicted octanol–water partition coefficient (Wildman–Crippen LogP) is 2.12. The van der Waals surface area contributed by atoms with Crippen molar-refractivity contribution in [2.75, 3.05) is 50.7 Å². The number of hydrogen-bond donors (Lipinski definition) is 2. The summed E-state index contributed by atoms with van der Waals surface area (Å²) in [6.45, 7) is 7.98. The molecule has 2 amide bonds. The topological polar surface area (TPSA) is 76.1 Å². The second kappa shape index (κ2) is 9.72. The average Bonchev–Trinajstić information content (AvgIpc) is 3.21. The van der Waals surface area contributed by atoms with Crippen LogP contribution in [0.3, 0.4) is 0 Å². The maximum absolute atomic E-state index is 13.2. The molecule has 1 atom stereocenters. The van der Waals surface area contributed by atoms with Gasteiger partial charge in [0.1, 0.15) is 11.4 Å². The number of rotatable bonds is 6. The Balaban J connectivity index is 1.30. The van der Waals surface area contributed by atoms with Crippen LogP contribution in [-0.2, 0) is 4.79 Å². The molecule has 2 aliphatic rings. The summed E-state index contributed by atoms with van der Waals surface area (Å²) < 4.78 is 13.1. The quantitative estimate of drug-likeness (QED) is 0.679. The molecule has 2 heterocycles. The fourth-order valence-corrected chi connectivity index (χ4v) is 4.78. The molecule has 0 saturated carbocycles. The minimum Gasteiger partial charge on any atom is -0.387 e. The van der Waals surface area contributed by atoms with Crippen LogP contribution in [0.1, 0.15) is 30.6 Å². The number of anilines is 1. The normalized spacial score (nSPS) is 21.5. The molecule has 8 heteroatoms. The maximum Gasteiger partial charge on any atom is 0.252 e. The minimum atomic E-state index is -1.15. The number of carbonyl (C=O) groups is 2. The lowest BCUT2D eigenvalue weighted by Crippen LogP contribution is -2.57. The molecule has 34 heavy (non-hydrogen) atoms. The van der Waals surface area contributed by atoms with Gasteiger partial charge < -0.3 is 20.2 Å². The van der Waals surface area contributed by atoms with Gasteiger partial charge in [0.05, 0.1) is 12.1 Å². The fraction of sp³-hybridized carbons (Fsp3) is 0.462. The summed E-state index contributed by atoms with van der Waals surface area (Å²) in [5.41, 5.74) is -0.627. The van der Waals surface area contributed by atoms with Gasteiger partial charge in [-0.1, -0.05) is 18.2 Å². The Morgan fingerprint density at radius 3 is 2.29 bits per heavy atom. The van der Waals surface area contributed by atoms with Gasteiger partial charge in [-0.05, 0) is 56.7 Å². The van der Waals surface area contributed by atoms with Crippen LogP contribution in [0.2, 0.25) is 0 Å². The number of likely N-dealkylation sites (tertiary alicyclic amines) is 1. The molecule has 2 aliphatic heterocycles. The van der Waals surface area contributed by atoms with Crippen molar-refractivity contribution in [1.29, 1.82) is 0 Å². The van der Waals surface area contributed by atoms with Crippen LogP contribution in [0, 0.1) is 5.82 Å². The highest BCUT2D eigenvalue weighted by molar-refractivity contribution is 5.99. The van der Waals surface area contributed by atoms with Gasteiger partial charge in [0.15, 0.2) is 0 Å². The molecule has 0 bridgehead atoms. The Bertz CT molecular complexity index is 1010. The third kappa shape index (κ3) is 5.56. The number of nitrogens with zero attached hydrogens (tertiary/aromatic N) is 3. The molecule has 0 aliphatic carbocycles. The van der Waals surface area contributed by atoms with Crippen LogP contribution in [0.15, 0.2) is 54.6 Å². The molecule has 0 radical (unpaired) electrons. The Labute approximate surface area is 200 Å². The van der Waals surface area contributed by atoms with Crippen LogP contribution in [-0.4, -0.2) is 83.7 Å².